The molecule has 3 saturated heterocycles. The first-order valence-corrected chi connectivity index (χ1v) is 8.90. The Labute approximate surface area is 139 Å². The van der Waals surface area contributed by atoms with E-state index >= 15 is 0 Å². The number of hydrogen-bond donors (Lipinski definition) is 1. The lowest BCUT2D eigenvalue weighted by molar-refractivity contribution is 0.0621. The van der Waals surface area contributed by atoms with E-state index in [1.165, 1.54) is 17.4 Å². The van der Waals surface area contributed by atoms with Gasteiger partial charge in [0.15, 0.2) is 0 Å². The first-order valence-electron chi connectivity index (χ1n) is 8.08. The minimum atomic E-state index is -0.423. The van der Waals surface area contributed by atoms with Gasteiger partial charge in [-0.1, -0.05) is 30.3 Å². The molecule has 0 radical (unpaired) electrons. The van der Waals surface area contributed by atoms with Gasteiger partial charge in [0.25, 0.3) is 5.91 Å². The standard InChI is InChI=1S/C18H19FN2OS/c19-14-10-16(13-4-2-1-3-5-13)23-17(14)18(22)20-15-11-21-8-6-12(15)7-9-21/h1-5,10,12,15H,6-9,11H2,(H,20,22)/t15-/m0/s1. The minimum absolute atomic E-state index is 0.159. The number of benzene rings is 1. The van der Waals surface area contributed by atoms with Crippen LogP contribution in [0.2, 0.25) is 0 Å². The van der Waals surface area contributed by atoms with Crippen molar-refractivity contribution in [1.29, 1.82) is 0 Å². The average molecular weight is 330 g/mol. The molecule has 0 saturated carbocycles. The summed E-state index contributed by atoms with van der Waals surface area (Å²) in [4.78, 5) is 15.9. The van der Waals surface area contributed by atoms with Crippen LogP contribution in [-0.2, 0) is 0 Å². The SMILES string of the molecule is O=C(N[C@H]1CN2CCC1CC2)c1sc(-c2ccccc2)cc1F. The molecule has 2 bridgehead atoms. The molecule has 1 aromatic carbocycles. The summed E-state index contributed by atoms with van der Waals surface area (Å²) in [5.74, 6) is -0.151. The summed E-state index contributed by atoms with van der Waals surface area (Å²) in [7, 11) is 0. The Bertz CT molecular complexity index is 707. The predicted molar refractivity (Wildman–Crippen MR) is 90.1 cm³/mol. The smallest absolute Gasteiger partial charge is 0.264 e. The zero-order valence-corrected chi connectivity index (χ0v) is 13.6. The molecular formula is C18H19FN2OS. The van der Waals surface area contributed by atoms with Gasteiger partial charge in [-0.05, 0) is 43.5 Å². The van der Waals surface area contributed by atoms with Crippen LogP contribution in [0.15, 0.2) is 36.4 Å². The third-order valence-corrected chi connectivity index (χ3v) is 6.08. The van der Waals surface area contributed by atoms with Gasteiger partial charge in [0.1, 0.15) is 10.7 Å². The van der Waals surface area contributed by atoms with Crippen LogP contribution < -0.4 is 5.32 Å². The Morgan fingerprint density at radius 3 is 2.61 bits per heavy atom. The fourth-order valence-corrected chi connectivity index (χ4v) is 4.58. The normalized spacial score (nSPS) is 26.2. The molecule has 3 fully saturated rings. The third-order valence-electron chi connectivity index (χ3n) is 4.92. The summed E-state index contributed by atoms with van der Waals surface area (Å²) < 4.78 is 14.2. The molecule has 1 atom stereocenters. The van der Waals surface area contributed by atoms with E-state index in [-0.39, 0.29) is 16.8 Å². The van der Waals surface area contributed by atoms with Crippen LogP contribution in [0.3, 0.4) is 0 Å². The maximum absolute atomic E-state index is 14.2. The molecule has 3 nitrogen and oxygen atoms in total. The highest BCUT2D eigenvalue weighted by Gasteiger charge is 2.35. The number of carbonyl (C=O) groups excluding carboxylic acids is 1. The van der Waals surface area contributed by atoms with E-state index in [0.29, 0.717) is 5.92 Å². The lowest BCUT2D eigenvalue weighted by Crippen LogP contribution is -2.57. The van der Waals surface area contributed by atoms with Crippen molar-refractivity contribution in [2.45, 2.75) is 18.9 Å². The summed E-state index contributed by atoms with van der Waals surface area (Å²) in [6.45, 7) is 3.15. The van der Waals surface area contributed by atoms with E-state index in [0.717, 1.165) is 42.9 Å². The second-order valence-electron chi connectivity index (χ2n) is 6.37. The molecule has 1 N–H and O–H groups in total. The third kappa shape index (κ3) is 2.91. The van der Waals surface area contributed by atoms with Crippen molar-refractivity contribution in [3.8, 4) is 10.4 Å². The van der Waals surface area contributed by atoms with Crippen molar-refractivity contribution in [2.24, 2.45) is 5.92 Å². The zero-order chi connectivity index (χ0) is 15.8. The van der Waals surface area contributed by atoms with E-state index in [2.05, 4.69) is 10.2 Å². The van der Waals surface area contributed by atoms with Gasteiger partial charge in [-0.25, -0.2) is 4.39 Å². The van der Waals surface area contributed by atoms with Crippen LogP contribution in [0.5, 0.6) is 0 Å². The van der Waals surface area contributed by atoms with Crippen molar-refractivity contribution in [3.63, 3.8) is 0 Å². The van der Waals surface area contributed by atoms with E-state index in [9.17, 15) is 9.18 Å². The largest absolute Gasteiger partial charge is 0.347 e. The van der Waals surface area contributed by atoms with Gasteiger partial charge in [-0.15, -0.1) is 11.3 Å². The Hall–Kier alpha value is -1.72. The molecule has 4 heterocycles. The molecular weight excluding hydrogens is 311 g/mol. The molecule has 120 valence electrons. The molecule has 3 aliphatic heterocycles. The van der Waals surface area contributed by atoms with Gasteiger partial charge in [0.2, 0.25) is 0 Å². The number of halogens is 1. The Kier molecular flexibility index (Phi) is 3.91. The van der Waals surface area contributed by atoms with Crippen LogP contribution >= 0.6 is 11.3 Å². The first-order chi connectivity index (χ1) is 11.2. The van der Waals surface area contributed by atoms with Crippen LogP contribution in [0.4, 0.5) is 4.39 Å². The molecule has 0 spiro atoms. The number of thiophene rings is 1. The lowest BCUT2D eigenvalue weighted by atomic mass is 9.84. The summed E-state index contributed by atoms with van der Waals surface area (Å²) in [5.41, 5.74) is 0.943. The van der Waals surface area contributed by atoms with Crippen LogP contribution in [0.1, 0.15) is 22.5 Å². The second kappa shape index (κ2) is 6.06. The molecule has 0 unspecified atom stereocenters. The Balaban J connectivity index is 1.52. The number of amides is 1. The summed E-state index contributed by atoms with van der Waals surface area (Å²) in [5, 5.41) is 3.06. The highest BCUT2D eigenvalue weighted by Crippen LogP contribution is 2.32. The summed E-state index contributed by atoms with van der Waals surface area (Å²) >= 11 is 1.23. The monoisotopic (exact) mass is 330 g/mol. The van der Waals surface area contributed by atoms with Gasteiger partial charge in [-0.2, -0.15) is 0 Å². The van der Waals surface area contributed by atoms with Crippen molar-refractivity contribution < 1.29 is 9.18 Å². The topological polar surface area (TPSA) is 32.3 Å². The molecule has 23 heavy (non-hydrogen) atoms. The molecule has 5 heteroatoms. The van der Waals surface area contributed by atoms with Gasteiger partial charge < -0.3 is 10.2 Å². The first kappa shape index (κ1) is 14.8. The number of fused-ring (bicyclic) bond motifs is 3. The maximum Gasteiger partial charge on any atom is 0.264 e. The highest BCUT2D eigenvalue weighted by atomic mass is 32.1. The van der Waals surface area contributed by atoms with E-state index in [1.807, 2.05) is 30.3 Å². The predicted octanol–water partition coefficient (Wildman–Crippen LogP) is 3.38. The number of piperidine rings is 3. The second-order valence-corrected chi connectivity index (χ2v) is 7.42. The van der Waals surface area contributed by atoms with Crippen LogP contribution in [0, 0.1) is 11.7 Å². The van der Waals surface area contributed by atoms with Gasteiger partial charge in [0, 0.05) is 17.5 Å². The highest BCUT2D eigenvalue weighted by molar-refractivity contribution is 7.17. The zero-order valence-electron chi connectivity index (χ0n) is 12.8. The van der Waals surface area contributed by atoms with Gasteiger partial charge in [0.05, 0.1) is 0 Å². The van der Waals surface area contributed by atoms with Crippen molar-refractivity contribution in [2.75, 3.05) is 19.6 Å². The molecule has 1 aromatic heterocycles. The van der Waals surface area contributed by atoms with Gasteiger partial charge in [-0.3, -0.25) is 4.79 Å². The molecule has 1 amide bonds. The van der Waals surface area contributed by atoms with E-state index in [4.69, 9.17) is 0 Å². The van der Waals surface area contributed by atoms with Crippen molar-refractivity contribution in [1.82, 2.24) is 10.2 Å². The lowest BCUT2D eigenvalue weighted by Gasteiger charge is -2.44. The quantitative estimate of drug-likeness (QED) is 0.936. The fraction of sp³-hybridized carbons (Fsp3) is 0.389. The minimum Gasteiger partial charge on any atom is -0.347 e. The number of rotatable bonds is 3. The molecule has 5 rings (SSSR count). The Morgan fingerprint density at radius 2 is 1.96 bits per heavy atom. The number of nitrogens with zero attached hydrogens (tertiary/aromatic N) is 1. The Morgan fingerprint density at radius 1 is 1.22 bits per heavy atom. The molecule has 3 aliphatic rings. The van der Waals surface area contributed by atoms with Crippen molar-refractivity contribution in [3.05, 3.63) is 47.1 Å². The molecule has 2 aromatic rings. The molecule has 0 aliphatic carbocycles. The number of hydrogen-bond acceptors (Lipinski definition) is 3. The van der Waals surface area contributed by atoms with Gasteiger partial charge >= 0.3 is 0 Å². The average Bonchev–Trinajstić information content (AvgIpc) is 2.99. The summed E-state index contributed by atoms with van der Waals surface area (Å²) in [6, 6.07) is 11.2. The van der Waals surface area contributed by atoms with E-state index in [1.54, 1.807) is 0 Å². The number of nitrogens with one attached hydrogen (secondary N) is 1. The maximum atomic E-state index is 14.2. The van der Waals surface area contributed by atoms with E-state index < -0.39 is 5.82 Å². The van der Waals surface area contributed by atoms with Crippen LogP contribution in [-0.4, -0.2) is 36.5 Å². The fourth-order valence-electron chi connectivity index (χ4n) is 3.63. The number of carbonyl (C=O) groups is 1. The van der Waals surface area contributed by atoms with Crippen molar-refractivity contribution >= 4 is 17.2 Å². The van der Waals surface area contributed by atoms with Crippen LogP contribution in [0.25, 0.3) is 10.4 Å². The summed E-state index contributed by atoms with van der Waals surface area (Å²) in [6.07, 6.45) is 2.26.